The Morgan fingerprint density at radius 2 is 1.73 bits per heavy atom. The maximum absolute atomic E-state index is 12.7. The molecule has 0 aliphatic rings. The van der Waals surface area contributed by atoms with E-state index in [-0.39, 0.29) is 20.7 Å². The number of thiophene rings is 1. The van der Waals surface area contributed by atoms with Gasteiger partial charge in [0, 0.05) is 30.5 Å². The van der Waals surface area contributed by atoms with E-state index in [0.29, 0.717) is 21.0 Å². The molecule has 1 heterocycles. The monoisotopic (exact) mass is 456 g/mol. The molecular formula is C15H18Cl2N2O4S3. The smallest absolute Gasteiger partial charge is 0.207 e. The first-order chi connectivity index (χ1) is 11.9. The van der Waals surface area contributed by atoms with Crippen LogP contribution in [0.2, 0.25) is 10.0 Å². The topological polar surface area (TPSA) is 83.5 Å². The number of halogens is 2. The number of rotatable bonds is 6. The van der Waals surface area contributed by atoms with Crippen LogP contribution in [-0.2, 0) is 26.6 Å². The number of sulfonamides is 2. The third-order valence-electron chi connectivity index (χ3n) is 3.66. The Balaban J connectivity index is 2.30. The Hall–Kier alpha value is -0.680. The summed E-state index contributed by atoms with van der Waals surface area (Å²) in [5.41, 5.74) is 0.912. The van der Waals surface area contributed by atoms with Gasteiger partial charge < -0.3 is 0 Å². The predicted octanol–water partition coefficient (Wildman–Crippen LogP) is 3.40. The molecule has 0 bridgehead atoms. The molecule has 1 aromatic heterocycles. The minimum atomic E-state index is -3.93. The van der Waals surface area contributed by atoms with Gasteiger partial charge in [0.2, 0.25) is 10.0 Å². The van der Waals surface area contributed by atoms with Crippen LogP contribution in [0, 0.1) is 13.8 Å². The first-order valence-corrected chi connectivity index (χ1v) is 11.8. The molecule has 2 aromatic rings. The standard InChI is InChI=1S/C15H18Cl2N2O4S3/c1-9-7-12(16)10(2)15(14(9)17)25(20,21)18-8-11-5-6-13(24-11)26(22,23)19(3)4/h5-7,18H,8H2,1-4H3. The second kappa shape index (κ2) is 7.75. The van der Waals surface area contributed by atoms with Gasteiger partial charge in [-0.15, -0.1) is 11.3 Å². The second-order valence-electron chi connectivity index (χ2n) is 5.78. The normalized spacial score (nSPS) is 12.7. The highest BCUT2D eigenvalue weighted by Crippen LogP contribution is 2.33. The van der Waals surface area contributed by atoms with Crippen LogP contribution in [0.15, 0.2) is 27.3 Å². The van der Waals surface area contributed by atoms with Crippen molar-refractivity contribution in [3.8, 4) is 0 Å². The second-order valence-corrected chi connectivity index (χ2v) is 11.8. The van der Waals surface area contributed by atoms with Gasteiger partial charge in [-0.05, 0) is 43.2 Å². The summed E-state index contributed by atoms with van der Waals surface area (Å²) in [6, 6.07) is 4.63. The fraction of sp³-hybridized carbons (Fsp3) is 0.333. The molecule has 0 unspecified atom stereocenters. The van der Waals surface area contributed by atoms with Gasteiger partial charge >= 0.3 is 0 Å². The molecule has 0 saturated carbocycles. The largest absolute Gasteiger partial charge is 0.252 e. The molecule has 2 rings (SSSR count). The van der Waals surface area contributed by atoms with Crippen LogP contribution in [0.4, 0.5) is 0 Å². The average molecular weight is 457 g/mol. The van der Waals surface area contributed by atoms with Crippen molar-refractivity contribution in [2.24, 2.45) is 0 Å². The van der Waals surface area contributed by atoms with Crippen LogP contribution in [-0.4, -0.2) is 35.2 Å². The lowest BCUT2D eigenvalue weighted by atomic mass is 10.2. The van der Waals surface area contributed by atoms with Crippen molar-refractivity contribution in [3.63, 3.8) is 0 Å². The molecule has 0 fully saturated rings. The molecule has 0 radical (unpaired) electrons. The lowest BCUT2D eigenvalue weighted by Crippen LogP contribution is -2.24. The Morgan fingerprint density at radius 3 is 2.31 bits per heavy atom. The lowest BCUT2D eigenvalue weighted by molar-refractivity contribution is 0.523. The highest BCUT2D eigenvalue weighted by molar-refractivity contribution is 7.91. The first kappa shape index (κ1) is 21.6. The molecule has 0 aliphatic heterocycles. The van der Waals surface area contributed by atoms with Crippen molar-refractivity contribution in [2.45, 2.75) is 29.5 Å². The van der Waals surface area contributed by atoms with Gasteiger partial charge in [-0.3, -0.25) is 0 Å². The fourth-order valence-electron chi connectivity index (χ4n) is 2.14. The quantitative estimate of drug-likeness (QED) is 0.721. The highest BCUT2D eigenvalue weighted by atomic mass is 35.5. The molecule has 0 spiro atoms. The molecule has 0 atom stereocenters. The predicted molar refractivity (Wildman–Crippen MR) is 105 cm³/mol. The zero-order valence-corrected chi connectivity index (χ0v) is 18.5. The minimum absolute atomic E-state index is 0.0583. The van der Waals surface area contributed by atoms with Gasteiger partial charge in [-0.2, -0.15) is 0 Å². The number of aryl methyl sites for hydroxylation is 1. The van der Waals surface area contributed by atoms with E-state index >= 15 is 0 Å². The van der Waals surface area contributed by atoms with Crippen LogP contribution < -0.4 is 4.72 Å². The van der Waals surface area contributed by atoms with Crippen molar-refractivity contribution in [1.29, 1.82) is 0 Å². The van der Waals surface area contributed by atoms with E-state index in [9.17, 15) is 16.8 Å². The number of benzene rings is 1. The van der Waals surface area contributed by atoms with Crippen molar-refractivity contribution in [1.82, 2.24) is 9.03 Å². The number of nitrogens with one attached hydrogen (secondary N) is 1. The Morgan fingerprint density at radius 1 is 1.12 bits per heavy atom. The summed E-state index contributed by atoms with van der Waals surface area (Å²) in [6.07, 6.45) is 0. The van der Waals surface area contributed by atoms with E-state index in [2.05, 4.69) is 4.72 Å². The Kier molecular flexibility index (Phi) is 6.44. The maximum atomic E-state index is 12.7. The van der Waals surface area contributed by atoms with Gasteiger partial charge in [-0.25, -0.2) is 25.9 Å². The number of hydrogen-bond donors (Lipinski definition) is 1. The third kappa shape index (κ3) is 4.24. The molecule has 0 aliphatic carbocycles. The Labute approximate surface area is 167 Å². The molecule has 11 heteroatoms. The molecule has 26 heavy (non-hydrogen) atoms. The number of hydrogen-bond acceptors (Lipinski definition) is 5. The van der Waals surface area contributed by atoms with Crippen molar-refractivity contribution in [3.05, 3.63) is 44.2 Å². The zero-order valence-electron chi connectivity index (χ0n) is 14.5. The van der Waals surface area contributed by atoms with Gasteiger partial charge in [0.25, 0.3) is 10.0 Å². The summed E-state index contributed by atoms with van der Waals surface area (Å²) in [5.74, 6) is 0. The Bertz CT molecular complexity index is 1020. The molecule has 0 saturated heterocycles. The van der Waals surface area contributed by atoms with Crippen LogP contribution >= 0.6 is 34.5 Å². The van der Waals surface area contributed by atoms with Gasteiger partial charge in [0.05, 0.1) is 5.02 Å². The van der Waals surface area contributed by atoms with E-state index in [1.165, 1.54) is 20.2 Å². The molecular weight excluding hydrogens is 439 g/mol. The third-order valence-corrected chi connectivity index (χ3v) is 9.60. The summed E-state index contributed by atoms with van der Waals surface area (Å²) < 4.78 is 53.3. The summed E-state index contributed by atoms with van der Waals surface area (Å²) in [6.45, 7) is 3.19. The molecule has 1 N–H and O–H groups in total. The van der Waals surface area contributed by atoms with Crippen LogP contribution in [0.25, 0.3) is 0 Å². The molecule has 144 valence electrons. The summed E-state index contributed by atoms with van der Waals surface area (Å²) in [5, 5.41) is 0.421. The van der Waals surface area contributed by atoms with Crippen molar-refractivity contribution >= 4 is 54.6 Å². The van der Waals surface area contributed by atoms with Crippen molar-refractivity contribution < 1.29 is 16.8 Å². The van der Waals surface area contributed by atoms with E-state index < -0.39 is 20.0 Å². The van der Waals surface area contributed by atoms with E-state index in [0.717, 1.165) is 15.6 Å². The average Bonchev–Trinajstić information content (AvgIpc) is 3.01. The first-order valence-electron chi connectivity index (χ1n) is 7.34. The van der Waals surface area contributed by atoms with Gasteiger partial charge in [-0.1, -0.05) is 23.2 Å². The summed E-state index contributed by atoms with van der Waals surface area (Å²) in [7, 11) is -4.61. The minimum Gasteiger partial charge on any atom is -0.207 e. The number of nitrogens with zero attached hydrogens (tertiary/aromatic N) is 1. The molecule has 0 amide bonds. The maximum Gasteiger partial charge on any atom is 0.252 e. The van der Waals surface area contributed by atoms with Gasteiger partial charge in [0.1, 0.15) is 9.10 Å². The van der Waals surface area contributed by atoms with Gasteiger partial charge in [0.15, 0.2) is 0 Å². The zero-order chi connectivity index (χ0) is 19.9. The van der Waals surface area contributed by atoms with E-state index in [1.807, 2.05) is 0 Å². The van der Waals surface area contributed by atoms with Crippen LogP contribution in [0.5, 0.6) is 0 Å². The summed E-state index contributed by atoms with van der Waals surface area (Å²) in [4.78, 5) is 0.489. The highest BCUT2D eigenvalue weighted by Gasteiger charge is 2.25. The van der Waals surface area contributed by atoms with E-state index in [1.54, 1.807) is 26.0 Å². The SMILES string of the molecule is Cc1cc(Cl)c(C)c(S(=O)(=O)NCc2ccc(S(=O)(=O)N(C)C)s2)c1Cl. The van der Waals surface area contributed by atoms with Crippen molar-refractivity contribution in [2.75, 3.05) is 14.1 Å². The van der Waals surface area contributed by atoms with Crippen LogP contribution in [0.3, 0.4) is 0 Å². The van der Waals surface area contributed by atoms with Crippen LogP contribution in [0.1, 0.15) is 16.0 Å². The fourth-order valence-corrected chi connectivity index (χ4v) is 6.91. The summed E-state index contributed by atoms with van der Waals surface area (Å²) >= 11 is 13.3. The molecule has 1 aromatic carbocycles. The molecule has 6 nitrogen and oxygen atoms in total. The van der Waals surface area contributed by atoms with E-state index in [4.69, 9.17) is 23.2 Å². The lowest BCUT2D eigenvalue weighted by Gasteiger charge is -2.13.